The maximum Gasteiger partial charge on any atom is 0.302 e. The number of ether oxygens (including phenoxy) is 1. The van der Waals surface area contributed by atoms with Gasteiger partial charge in [0.15, 0.2) is 12.3 Å². The average Bonchev–Trinajstić information content (AvgIpc) is 2.94. The molecule has 6 heteroatoms. The number of hydrogen-bond acceptors (Lipinski definition) is 4. The van der Waals surface area contributed by atoms with E-state index >= 15 is 0 Å². The van der Waals surface area contributed by atoms with Gasteiger partial charge in [-0.3, -0.25) is 4.79 Å². The van der Waals surface area contributed by atoms with Gasteiger partial charge in [-0.2, -0.15) is 0 Å². The number of benzene rings is 2. The fourth-order valence-electron chi connectivity index (χ4n) is 2.90. The number of fused-ring (bicyclic) bond motifs is 1. The van der Waals surface area contributed by atoms with Gasteiger partial charge in [0.2, 0.25) is 5.88 Å². The number of hydrogen-bond donors (Lipinski definition) is 1. The Kier molecular flexibility index (Phi) is 5.86. The Hall–Kier alpha value is -3.15. The highest BCUT2D eigenvalue weighted by molar-refractivity contribution is 5.95. The van der Waals surface area contributed by atoms with E-state index < -0.39 is 5.91 Å². The Labute approximate surface area is 158 Å². The van der Waals surface area contributed by atoms with Crippen molar-refractivity contribution >= 4 is 22.5 Å². The van der Waals surface area contributed by atoms with E-state index in [-0.39, 0.29) is 12.5 Å². The van der Waals surface area contributed by atoms with E-state index in [4.69, 9.17) is 4.74 Å². The molecule has 1 amide bonds. The van der Waals surface area contributed by atoms with Gasteiger partial charge in [0, 0.05) is 11.9 Å². The third-order valence-electron chi connectivity index (χ3n) is 4.27. The number of aromatic hydroxyl groups is 1. The van der Waals surface area contributed by atoms with Crippen LogP contribution in [0.1, 0.15) is 25.3 Å². The summed E-state index contributed by atoms with van der Waals surface area (Å²) in [6, 6.07) is 15.0. The van der Waals surface area contributed by atoms with Gasteiger partial charge in [-0.15, -0.1) is 10.2 Å². The summed E-state index contributed by atoms with van der Waals surface area (Å²) in [5, 5.41) is 19.1. The van der Waals surface area contributed by atoms with E-state index in [9.17, 15) is 9.90 Å². The maximum absolute atomic E-state index is 12.0. The van der Waals surface area contributed by atoms with Gasteiger partial charge >= 0.3 is 5.91 Å². The molecule has 0 radical (unpaired) electrons. The van der Waals surface area contributed by atoms with E-state index in [2.05, 4.69) is 17.2 Å². The Bertz CT molecular complexity index is 976. The van der Waals surface area contributed by atoms with Crippen LogP contribution in [0.25, 0.3) is 10.9 Å². The van der Waals surface area contributed by atoms with Crippen LogP contribution in [-0.4, -0.2) is 22.2 Å². The van der Waals surface area contributed by atoms with Crippen molar-refractivity contribution in [2.75, 3.05) is 6.61 Å². The summed E-state index contributed by atoms with van der Waals surface area (Å²) in [7, 11) is 0. The third-order valence-corrected chi connectivity index (χ3v) is 4.27. The van der Waals surface area contributed by atoms with Crippen molar-refractivity contribution in [1.82, 2.24) is 4.57 Å². The fraction of sp³-hybridized carbons (Fsp3) is 0.286. The van der Waals surface area contributed by atoms with Gasteiger partial charge in [-0.05, 0) is 37.1 Å². The Morgan fingerprint density at radius 3 is 2.78 bits per heavy atom. The molecular weight excluding hydrogens is 342 g/mol. The minimum absolute atomic E-state index is 0.0285. The molecule has 0 spiro atoms. The second-order valence-electron chi connectivity index (χ2n) is 6.39. The van der Waals surface area contributed by atoms with Crippen LogP contribution in [-0.2, 0) is 11.3 Å². The van der Waals surface area contributed by atoms with Gasteiger partial charge in [0.05, 0.1) is 5.52 Å². The molecule has 0 saturated carbocycles. The normalized spacial score (nSPS) is 11.3. The molecule has 0 atom stereocenters. The standard InChI is InChI=1S/C21H23N3O3/c1-3-4-12-24-18-11-6-5-10-17(18)20(21(24)26)23-22-19(25)14-27-16-9-7-8-15(2)13-16/h5-11,13,26H,3-4,12,14H2,1-2H3. The second-order valence-corrected chi connectivity index (χ2v) is 6.39. The molecule has 140 valence electrons. The molecule has 3 rings (SSSR count). The van der Waals surface area contributed by atoms with Crippen molar-refractivity contribution in [3.8, 4) is 11.6 Å². The lowest BCUT2D eigenvalue weighted by Crippen LogP contribution is -2.07. The molecule has 0 fully saturated rings. The van der Waals surface area contributed by atoms with E-state index in [1.807, 2.05) is 49.4 Å². The number of azo groups is 1. The first-order valence-corrected chi connectivity index (χ1v) is 9.04. The number of nitrogens with zero attached hydrogens (tertiary/aromatic N) is 3. The summed E-state index contributed by atoms with van der Waals surface area (Å²) in [6.07, 6.45) is 1.95. The van der Waals surface area contributed by atoms with E-state index in [1.165, 1.54) is 0 Å². The molecule has 1 aromatic heterocycles. The summed E-state index contributed by atoms with van der Waals surface area (Å²) in [5.41, 5.74) is 2.23. The summed E-state index contributed by atoms with van der Waals surface area (Å²) in [4.78, 5) is 12.0. The molecular formula is C21H23N3O3. The molecule has 0 saturated heterocycles. The predicted molar refractivity (Wildman–Crippen MR) is 105 cm³/mol. The van der Waals surface area contributed by atoms with Crippen molar-refractivity contribution in [2.45, 2.75) is 33.2 Å². The molecule has 0 aliphatic carbocycles. The zero-order chi connectivity index (χ0) is 19.2. The molecule has 3 aromatic rings. The minimum atomic E-state index is -0.513. The molecule has 27 heavy (non-hydrogen) atoms. The largest absolute Gasteiger partial charge is 0.493 e. The molecule has 0 bridgehead atoms. The lowest BCUT2D eigenvalue weighted by Gasteiger charge is -2.05. The first-order valence-electron chi connectivity index (χ1n) is 9.04. The Morgan fingerprint density at radius 2 is 2.00 bits per heavy atom. The van der Waals surface area contributed by atoms with Gasteiger partial charge in [0.1, 0.15) is 5.75 Å². The van der Waals surface area contributed by atoms with E-state index in [0.717, 1.165) is 29.3 Å². The Balaban J connectivity index is 1.77. The minimum Gasteiger partial charge on any atom is -0.493 e. The molecule has 0 unspecified atom stereocenters. The number of rotatable bonds is 7. The van der Waals surface area contributed by atoms with Crippen molar-refractivity contribution in [1.29, 1.82) is 0 Å². The van der Waals surface area contributed by atoms with Crippen molar-refractivity contribution in [2.24, 2.45) is 10.2 Å². The monoisotopic (exact) mass is 365 g/mol. The van der Waals surface area contributed by atoms with Crippen LogP contribution in [0.5, 0.6) is 11.6 Å². The van der Waals surface area contributed by atoms with Crippen LogP contribution >= 0.6 is 0 Å². The summed E-state index contributed by atoms with van der Waals surface area (Å²) < 4.78 is 7.25. The van der Waals surface area contributed by atoms with Crippen LogP contribution in [0, 0.1) is 6.92 Å². The van der Waals surface area contributed by atoms with Crippen LogP contribution < -0.4 is 4.74 Å². The molecule has 1 heterocycles. The third kappa shape index (κ3) is 4.34. The van der Waals surface area contributed by atoms with Crippen LogP contribution in [0.4, 0.5) is 5.69 Å². The molecule has 0 aliphatic heterocycles. The van der Waals surface area contributed by atoms with Crippen LogP contribution in [0.15, 0.2) is 58.8 Å². The smallest absolute Gasteiger partial charge is 0.302 e. The Morgan fingerprint density at radius 1 is 1.19 bits per heavy atom. The maximum atomic E-state index is 12.0. The number of carbonyl (C=O) groups excluding carboxylic acids is 1. The quantitative estimate of drug-likeness (QED) is 0.589. The number of aryl methyl sites for hydroxylation is 2. The number of unbranched alkanes of at least 4 members (excludes halogenated alkanes) is 1. The SMILES string of the molecule is CCCCn1c(O)c(N=NC(=O)COc2cccc(C)c2)c2ccccc21. The van der Waals surface area contributed by atoms with Gasteiger partial charge < -0.3 is 14.4 Å². The van der Waals surface area contributed by atoms with Crippen LogP contribution in [0.3, 0.4) is 0 Å². The number of amides is 1. The zero-order valence-corrected chi connectivity index (χ0v) is 15.6. The zero-order valence-electron chi connectivity index (χ0n) is 15.6. The molecule has 1 N–H and O–H groups in total. The van der Waals surface area contributed by atoms with Crippen molar-refractivity contribution < 1.29 is 14.6 Å². The second kappa shape index (κ2) is 8.49. The number of para-hydroxylation sites is 1. The number of aromatic nitrogens is 1. The van der Waals surface area contributed by atoms with Gasteiger partial charge in [0.25, 0.3) is 0 Å². The van der Waals surface area contributed by atoms with Gasteiger partial charge in [-0.25, -0.2) is 0 Å². The lowest BCUT2D eigenvalue weighted by atomic mass is 10.2. The van der Waals surface area contributed by atoms with Crippen molar-refractivity contribution in [3.63, 3.8) is 0 Å². The van der Waals surface area contributed by atoms with Crippen LogP contribution in [0.2, 0.25) is 0 Å². The number of carbonyl (C=O) groups is 1. The first kappa shape index (κ1) is 18.6. The predicted octanol–water partition coefficient (Wildman–Crippen LogP) is 5.14. The highest BCUT2D eigenvalue weighted by atomic mass is 16.5. The average molecular weight is 365 g/mol. The summed E-state index contributed by atoms with van der Waals surface area (Å²) in [5.74, 6) is 0.125. The summed E-state index contributed by atoms with van der Waals surface area (Å²) >= 11 is 0. The highest BCUT2D eigenvalue weighted by Crippen LogP contribution is 2.38. The highest BCUT2D eigenvalue weighted by Gasteiger charge is 2.16. The van der Waals surface area contributed by atoms with Crippen molar-refractivity contribution in [3.05, 3.63) is 54.1 Å². The molecule has 2 aromatic carbocycles. The lowest BCUT2D eigenvalue weighted by molar-refractivity contribution is -0.120. The van der Waals surface area contributed by atoms with E-state index in [0.29, 0.717) is 18.0 Å². The fourth-order valence-corrected chi connectivity index (χ4v) is 2.90. The molecule has 6 nitrogen and oxygen atoms in total. The molecule has 0 aliphatic rings. The topological polar surface area (TPSA) is 76.2 Å². The first-order chi connectivity index (χ1) is 13.1. The summed E-state index contributed by atoms with van der Waals surface area (Å²) in [6.45, 7) is 4.52. The van der Waals surface area contributed by atoms with E-state index in [1.54, 1.807) is 10.6 Å². The van der Waals surface area contributed by atoms with Gasteiger partial charge in [-0.1, -0.05) is 43.7 Å².